The van der Waals surface area contributed by atoms with Crippen LogP contribution in [0.25, 0.3) is 6.08 Å². The van der Waals surface area contributed by atoms with Crippen molar-refractivity contribution in [3.63, 3.8) is 0 Å². The van der Waals surface area contributed by atoms with E-state index in [4.69, 9.17) is 9.98 Å². The van der Waals surface area contributed by atoms with E-state index in [1.54, 1.807) is 0 Å². The summed E-state index contributed by atoms with van der Waals surface area (Å²) in [4.78, 5) is 10.7. The summed E-state index contributed by atoms with van der Waals surface area (Å²) >= 11 is 0. The van der Waals surface area contributed by atoms with Crippen LogP contribution in [0.5, 0.6) is 0 Å². The first kappa shape index (κ1) is 46.0. The first-order chi connectivity index (χ1) is 24.1. The third-order valence-electron chi connectivity index (χ3n) is 9.90. The van der Waals surface area contributed by atoms with Crippen LogP contribution in [0, 0.1) is 0 Å². The summed E-state index contributed by atoms with van der Waals surface area (Å²) < 4.78 is 0. The number of rotatable bonds is 30. The SMILES string of the molecule is CCCCCCCCCCCCCCCCC/C=C/c1cccc(/N=C(CCCCCC)/C(CCCC)=N\c2cc(CC)cc(CC)c2)c1.[Ni]. The number of hydrogen-bond donors (Lipinski definition) is 0. The van der Waals surface area contributed by atoms with Gasteiger partial charge in [-0.3, -0.25) is 9.98 Å². The van der Waals surface area contributed by atoms with Gasteiger partial charge in [0.2, 0.25) is 0 Å². The molecule has 0 saturated heterocycles. The molecule has 0 aromatic heterocycles. The van der Waals surface area contributed by atoms with Crippen LogP contribution in [0.4, 0.5) is 11.4 Å². The van der Waals surface area contributed by atoms with Gasteiger partial charge >= 0.3 is 0 Å². The quantitative estimate of drug-likeness (QED) is 0.0435. The van der Waals surface area contributed by atoms with Gasteiger partial charge in [0.1, 0.15) is 0 Å². The van der Waals surface area contributed by atoms with Crippen LogP contribution in [0.15, 0.2) is 58.5 Å². The molecule has 0 aliphatic rings. The molecule has 2 nitrogen and oxygen atoms in total. The maximum atomic E-state index is 5.33. The van der Waals surface area contributed by atoms with Gasteiger partial charge in [0.25, 0.3) is 0 Å². The third kappa shape index (κ3) is 22.1. The minimum absolute atomic E-state index is 0. The third-order valence-corrected chi connectivity index (χ3v) is 9.90. The molecule has 0 aliphatic heterocycles. The Kier molecular flexibility index (Phi) is 29.2. The maximum absolute atomic E-state index is 5.33. The van der Waals surface area contributed by atoms with E-state index in [0.29, 0.717) is 0 Å². The molecule has 2 rings (SSSR count). The second-order valence-corrected chi connectivity index (χ2v) is 14.5. The molecule has 2 aromatic rings. The van der Waals surface area contributed by atoms with Gasteiger partial charge in [-0.15, -0.1) is 0 Å². The summed E-state index contributed by atoms with van der Waals surface area (Å²) in [5.74, 6) is 0. The molecule has 0 aliphatic carbocycles. The molecule has 284 valence electrons. The summed E-state index contributed by atoms with van der Waals surface area (Å²) in [6.45, 7) is 11.3. The van der Waals surface area contributed by atoms with Gasteiger partial charge < -0.3 is 0 Å². The average Bonchev–Trinajstić information content (AvgIpc) is 3.12. The Labute approximate surface area is 320 Å². The van der Waals surface area contributed by atoms with E-state index in [0.717, 1.165) is 49.9 Å². The van der Waals surface area contributed by atoms with Crippen molar-refractivity contribution in [1.29, 1.82) is 0 Å². The van der Waals surface area contributed by atoms with Crippen molar-refractivity contribution >= 4 is 28.9 Å². The van der Waals surface area contributed by atoms with Crippen LogP contribution in [0.2, 0.25) is 0 Å². The number of aryl methyl sites for hydroxylation is 2. The van der Waals surface area contributed by atoms with Gasteiger partial charge in [0.05, 0.1) is 22.8 Å². The molecule has 0 unspecified atom stereocenters. The Morgan fingerprint density at radius 3 is 1.46 bits per heavy atom. The number of benzene rings is 2. The summed E-state index contributed by atoms with van der Waals surface area (Å²) in [6.07, 6.45) is 38.4. The van der Waals surface area contributed by atoms with Crippen LogP contribution in [-0.4, -0.2) is 11.4 Å². The number of hydrogen-bond acceptors (Lipinski definition) is 2. The predicted octanol–water partition coefficient (Wildman–Crippen LogP) is 16.1. The zero-order valence-corrected chi connectivity index (χ0v) is 34.3. The number of allylic oxidation sites excluding steroid dienone is 1. The number of unbranched alkanes of at least 4 members (excludes halogenated alkanes) is 19. The standard InChI is InChI=1S/C47H76N2.Ni/c1-6-11-14-16-17-18-19-20-21-22-23-24-25-26-27-28-29-32-43-33-31-34-44(40-43)48-47(36-30-15-12-7-2)46(35-13-8-3)49-45-38-41(9-4)37-42(10-5)39-45;/h29,31-34,37-40H,6-28,30,35-36H2,1-5H3;/b32-29+,48-47+,49-46-;. The Morgan fingerprint density at radius 1 is 0.480 bits per heavy atom. The van der Waals surface area contributed by atoms with Crippen LogP contribution in [0.1, 0.15) is 205 Å². The molecule has 2 aromatic carbocycles. The summed E-state index contributed by atoms with van der Waals surface area (Å²) in [7, 11) is 0. The van der Waals surface area contributed by atoms with Crippen molar-refractivity contribution in [2.75, 3.05) is 0 Å². The molecule has 0 radical (unpaired) electrons. The molecule has 3 heteroatoms. The molecule has 50 heavy (non-hydrogen) atoms. The van der Waals surface area contributed by atoms with Crippen molar-refractivity contribution in [2.24, 2.45) is 9.98 Å². The largest absolute Gasteiger partial charge is 0.252 e. The van der Waals surface area contributed by atoms with E-state index in [2.05, 4.69) is 89.2 Å². The average molecular weight is 728 g/mol. The van der Waals surface area contributed by atoms with Gasteiger partial charge in [-0.1, -0.05) is 181 Å². The fourth-order valence-corrected chi connectivity index (χ4v) is 6.67. The summed E-state index contributed by atoms with van der Waals surface area (Å²) in [5, 5.41) is 0. The van der Waals surface area contributed by atoms with Gasteiger partial charge in [0, 0.05) is 16.5 Å². The van der Waals surface area contributed by atoms with Crippen LogP contribution in [0.3, 0.4) is 0 Å². The van der Waals surface area contributed by atoms with E-state index >= 15 is 0 Å². The molecule has 0 saturated carbocycles. The second kappa shape index (κ2) is 31.7. The van der Waals surface area contributed by atoms with Crippen LogP contribution in [-0.2, 0) is 29.3 Å². The zero-order chi connectivity index (χ0) is 35.2. The Bertz CT molecular complexity index is 1170. The minimum atomic E-state index is 0. The molecule has 0 N–H and O–H groups in total. The van der Waals surface area contributed by atoms with Crippen LogP contribution >= 0.6 is 0 Å². The summed E-state index contributed by atoms with van der Waals surface area (Å²) in [5.41, 5.74) is 8.52. The molecule has 0 bridgehead atoms. The summed E-state index contributed by atoms with van der Waals surface area (Å²) in [6, 6.07) is 15.7. The van der Waals surface area contributed by atoms with E-state index in [9.17, 15) is 0 Å². The Morgan fingerprint density at radius 2 is 0.940 bits per heavy atom. The monoisotopic (exact) mass is 727 g/mol. The fraction of sp³-hybridized carbons (Fsp3) is 0.660. The zero-order valence-electron chi connectivity index (χ0n) is 33.3. The molecule has 0 atom stereocenters. The predicted molar refractivity (Wildman–Crippen MR) is 223 cm³/mol. The van der Waals surface area contributed by atoms with Gasteiger partial charge in [-0.05, 0) is 92.3 Å². The molecular formula is C47H76N2Ni. The van der Waals surface area contributed by atoms with Crippen molar-refractivity contribution in [3.05, 3.63) is 65.2 Å². The van der Waals surface area contributed by atoms with E-state index in [-0.39, 0.29) is 16.5 Å². The topological polar surface area (TPSA) is 24.7 Å². The normalized spacial score (nSPS) is 12.2. The van der Waals surface area contributed by atoms with Crippen molar-refractivity contribution < 1.29 is 16.5 Å². The van der Waals surface area contributed by atoms with Crippen molar-refractivity contribution in [1.82, 2.24) is 0 Å². The maximum Gasteiger partial charge on any atom is 0.0639 e. The molecule has 0 amide bonds. The molecule has 0 fully saturated rings. The van der Waals surface area contributed by atoms with Crippen LogP contribution < -0.4 is 0 Å². The van der Waals surface area contributed by atoms with Gasteiger partial charge in [-0.2, -0.15) is 0 Å². The fourth-order valence-electron chi connectivity index (χ4n) is 6.67. The molecule has 0 heterocycles. The van der Waals surface area contributed by atoms with Crippen molar-refractivity contribution in [2.45, 2.75) is 202 Å². The first-order valence-electron chi connectivity index (χ1n) is 21.2. The van der Waals surface area contributed by atoms with E-state index < -0.39 is 0 Å². The minimum Gasteiger partial charge on any atom is -0.252 e. The van der Waals surface area contributed by atoms with Crippen molar-refractivity contribution in [3.8, 4) is 0 Å². The van der Waals surface area contributed by atoms with Gasteiger partial charge in [-0.25, -0.2) is 0 Å². The second-order valence-electron chi connectivity index (χ2n) is 14.5. The van der Waals surface area contributed by atoms with Gasteiger partial charge in [0.15, 0.2) is 0 Å². The molecular weight excluding hydrogens is 651 g/mol. The molecule has 0 spiro atoms. The Balaban J connectivity index is 0.0000125. The van der Waals surface area contributed by atoms with E-state index in [1.165, 1.54) is 157 Å². The Hall–Kier alpha value is -1.99. The number of aliphatic imine (C=N–C) groups is 2. The number of nitrogens with zero attached hydrogens (tertiary/aromatic N) is 2. The van der Waals surface area contributed by atoms with E-state index in [1.807, 2.05) is 0 Å². The first-order valence-corrected chi connectivity index (χ1v) is 21.2. The smallest absolute Gasteiger partial charge is 0.0639 e.